The number of carbonyl (C=O) groups excluding carboxylic acids is 2. The lowest BCUT2D eigenvalue weighted by Gasteiger charge is -2.22. The van der Waals surface area contributed by atoms with E-state index in [4.69, 9.17) is 10.2 Å². The summed E-state index contributed by atoms with van der Waals surface area (Å²) in [6.45, 7) is 6.16. The predicted molar refractivity (Wildman–Crippen MR) is 88.9 cm³/mol. The van der Waals surface area contributed by atoms with Crippen LogP contribution in [0.2, 0.25) is 0 Å². The third-order valence-corrected chi connectivity index (χ3v) is 3.95. The predicted octanol–water partition coefficient (Wildman–Crippen LogP) is 2.22. The van der Waals surface area contributed by atoms with Crippen LogP contribution in [0.4, 0.5) is 0 Å². The Bertz CT molecular complexity index is 677. The zero-order valence-electron chi connectivity index (χ0n) is 13.5. The summed E-state index contributed by atoms with van der Waals surface area (Å²) in [7, 11) is 0. The van der Waals surface area contributed by atoms with Crippen LogP contribution in [0.15, 0.2) is 21.2 Å². The van der Waals surface area contributed by atoms with Crippen molar-refractivity contribution in [2.45, 2.75) is 27.2 Å². The van der Waals surface area contributed by atoms with Crippen molar-refractivity contribution in [2.75, 3.05) is 13.1 Å². The van der Waals surface area contributed by atoms with Gasteiger partial charge in [0.15, 0.2) is 0 Å². The topological polar surface area (TPSA) is 89.4 Å². The number of nitrogens with zero attached hydrogens (tertiary/aromatic N) is 2. The molecule has 0 aromatic carbocycles. The van der Waals surface area contributed by atoms with E-state index in [1.807, 2.05) is 30.7 Å². The Morgan fingerprint density at radius 2 is 2.17 bits per heavy atom. The maximum Gasteiger partial charge on any atom is 0.237 e. The number of aromatic nitrogens is 1. The molecular weight excluding hydrogens is 314 g/mol. The highest BCUT2D eigenvalue weighted by atomic mass is 32.1. The molecule has 7 heteroatoms. The molecule has 0 spiro atoms. The number of rotatable bonds is 7. The third kappa shape index (κ3) is 4.66. The largest absolute Gasteiger partial charge is 0.441 e. The van der Waals surface area contributed by atoms with Crippen LogP contribution in [-0.2, 0) is 16.0 Å². The number of nitrogens with two attached hydrogens (primary N) is 1. The molecule has 0 aliphatic heterocycles. The van der Waals surface area contributed by atoms with Crippen molar-refractivity contribution in [3.05, 3.63) is 28.3 Å². The van der Waals surface area contributed by atoms with Crippen LogP contribution in [0.3, 0.4) is 0 Å². The molecule has 0 unspecified atom stereocenters. The standard InChI is InChI=1S/C16H21N3O3S/c1-10(2)7-19(8-14(17)20)15(21)6-13-11(3)22-16(18-13)12-4-5-23-9-12/h4-5,9-10H,6-8H2,1-3H3,(H2,17,20). The SMILES string of the molecule is Cc1oc(-c2ccsc2)nc1CC(=O)N(CC(N)=O)CC(C)C. The molecule has 2 aromatic heterocycles. The van der Waals surface area contributed by atoms with Gasteiger partial charge in [-0.25, -0.2) is 4.98 Å². The van der Waals surface area contributed by atoms with Gasteiger partial charge >= 0.3 is 0 Å². The lowest BCUT2D eigenvalue weighted by molar-refractivity contribution is -0.135. The first-order valence-electron chi connectivity index (χ1n) is 7.41. The number of thiophene rings is 1. The van der Waals surface area contributed by atoms with Crippen LogP contribution in [0.25, 0.3) is 11.5 Å². The summed E-state index contributed by atoms with van der Waals surface area (Å²) in [4.78, 5) is 29.5. The Balaban J connectivity index is 2.13. The highest BCUT2D eigenvalue weighted by molar-refractivity contribution is 7.08. The van der Waals surface area contributed by atoms with Crippen LogP contribution < -0.4 is 5.73 Å². The summed E-state index contributed by atoms with van der Waals surface area (Å²) in [5.74, 6) is 0.679. The van der Waals surface area contributed by atoms with Gasteiger partial charge in [0.25, 0.3) is 0 Å². The van der Waals surface area contributed by atoms with Crippen molar-refractivity contribution in [2.24, 2.45) is 11.7 Å². The first-order chi connectivity index (χ1) is 10.9. The number of primary amides is 1. The van der Waals surface area contributed by atoms with Gasteiger partial charge in [0, 0.05) is 17.5 Å². The van der Waals surface area contributed by atoms with Gasteiger partial charge in [0.2, 0.25) is 17.7 Å². The molecule has 0 aliphatic rings. The quantitative estimate of drug-likeness (QED) is 0.840. The second kappa shape index (κ2) is 7.41. The fourth-order valence-electron chi connectivity index (χ4n) is 2.24. The maximum atomic E-state index is 12.5. The molecule has 23 heavy (non-hydrogen) atoms. The molecule has 0 radical (unpaired) electrons. The van der Waals surface area contributed by atoms with E-state index >= 15 is 0 Å². The first-order valence-corrected chi connectivity index (χ1v) is 8.36. The molecular formula is C16H21N3O3S. The number of amides is 2. The van der Waals surface area contributed by atoms with Crippen LogP contribution in [0.5, 0.6) is 0 Å². The number of aryl methyl sites for hydroxylation is 1. The van der Waals surface area contributed by atoms with Crippen LogP contribution in [0.1, 0.15) is 25.3 Å². The molecule has 0 saturated heterocycles. The van der Waals surface area contributed by atoms with E-state index in [1.165, 1.54) is 4.90 Å². The van der Waals surface area contributed by atoms with Crippen molar-refractivity contribution < 1.29 is 14.0 Å². The van der Waals surface area contributed by atoms with Crippen molar-refractivity contribution in [3.8, 4) is 11.5 Å². The molecule has 2 aromatic rings. The number of carbonyl (C=O) groups is 2. The van der Waals surface area contributed by atoms with Gasteiger partial charge in [-0.1, -0.05) is 13.8 Å². The van der Waals surface area contributed by atoms with E-state index in [2.05, 4.69) is 4.98 Å². The monoisotopic (exact) mass is 335 g/mol. The molecule has 0 bridgehead atoms. The third-order valence-electron chi connectivity index (χ3n) is 3.26. The Kier molecular flexibility index (Phi) is 5.54. The van der Waals surface area contributed by atoms with E-state index in [9.17, 15) is 9.59 Å². The van der Waals surface area contributed by atoms with Gasteiger partial charge in [-0.05, 0) is 24.3 Å². The average Bonchev–Trinajstić information content (AvgIpc) is 3.07. The summed E-state index contributed by atoms with van der Waals surface area (Å²) >= 11 is 1.56. The number of hydrogen-bond acceptors (Lipinski definition) is 5. The smallest absolute Gasteiger partial charge is 0.237 e. The van der Waals surface area contributed by atoms with Gasteiger partial charge in [-0.15, -0.1) is 0 Å². The van der Waals surface area contributed by atoms with E-state index in [-0.39, 0.29) is 24.8 Å². The Hall–Kier alpha value is -2.15. The lowest BCUT2D eigenvalue weighted by Crippen LogP contribution is -2.41. The summed E-state index contributed by atoms with van der Waals surface area (Å²) in [5, 5.41) is 3.88. The molecule has 2 N–H and O–H groups in total. The molecule has 0 fully saturated rings. The molecule has 2 heterocycles. The molecule has 2 amide bonds. The van der Waals surface area contributed by atoms with E-state index in [0.29, 0.717) is 23.9 Å². The van der Waals surface area contributed by atoms with Gasteiger partial charge in [-0.2, -0.15) is 11.3 Å². The molecule has 0 saturated carbocycles. The van der Waals surface area contributed by atoms with Gasteiger partial charge < -0.3 is 15.1 Å². The maximum absolute atomic E-state index is 12.5. The van der Waals surface area contributed by atoms with Crippen molar-refractivity contribution >= 4 is 23.2 Å². The molecule has 0 aliphatic carbocycles. The average molecular weight is 335 g/mol. The highest BCUT2D eigenvalue weighted by Gasteiger charge is 2.21. The van der Waals surface area contributed by atoms with Gasteiger partial charge in [0.1, 0.15) is 5.76 Å². The fraction of sp³-hybridized carbons (Fsp3) is 0.438. The summed E-state index contributed by atoms with van der Waals surface area (Å²) in [5.41, 5.74) is 6.72. The lowest BCUT2D eigenvalue weighted by atomic mass is 10.2. The zero-order chi connectivity index (χ0) is 17.0. The normalized spacial score (nSPS) is 11.0. The van der Waals surface area contributed by atoms with Gasteiger partial charge in [-0.3, -0.25) is 9.59 Å². The fourth-order valence-corrected chi connectivity index (χ4v) is 2.87. The summed E-state index contributed by atoms with van der Waals surface area (Å²) in [6, 6.07) is 1.92. The van der Waals surface area contributed by atoms with E-state index in [0.717, 1.165) is 5.56 Å². The van der Waals surface area contributed by atoms with Crippen LogP contribution >= 0.6 is 11.3 Å². The van der Waals surface area contributed by atoms with Crippen LogP contribution in [0, 0.1) is 12.8 Å². The highest BCUT2D eigenvalue weighted by Crippen LogP contribution is 2.24. The van der Waals surface area contributed by atoms with Crippen molar-refractivity contribution in [3.63, 3.8) is 0 Å². The summed E-state index contributed by atoms with van der Waals surface area (Å²) in [6.07, 6.45) is 0.0967. The second-order valence-corrected chi connectivity index (χ2v) is 6.63. The molecule has 6 nitrogen and oxygen atoms in total. The van der Waals surface area contributed by atoms with Crippen molar-refractivity contribution in [1.82, 2.24) is 9.88 Å². The Morgan fingerprint density at radius 3 is 2.74 bits per heavy atom. The minimum absolute atomic E-state index is 0.0781. The summed E-state index contributed by atoms with van der Waals surface area (Å²) < 4.78 is 5.64. The van der Waals surface area contributed by atoms with E-state index < -0.39 is 5.91 Å². The first kappa shape index (κ1) is 17.2. The van der Waals surface area contributed by atoms with Crippen LogP contribution in [-0.4, -0.2) is 34.8 Å². The van der Waals surface area contributed by atoms with Crippen molar-refractivity contribution in [1.29, 1.82) is 0 Å². The number of hydrogen-bond donors (Lipinski definition) is 1. The minimum atomic E-state index is -0.519. The molecule has 2 rings (SSSR count). The molecule has 0 atom stereocenters. The Labute approximate surface area is 139 Å². The molecule has 124 valence electrons. The van der Waals surface area contributed by atoms with Gasteiger partial charge in [0.05, 0.1) is 18.7 Å². The Morgan fingerprint density at radius 1 is 1.43 bits per heavy atom. The minimum Gasteiger partial charge on any atom is -0.441 e. The second-order valence-electron chi connectivity index (χ2n) is 5.85. The zero-order valence-corrected chi connectivity index (χ0v) is 14.4. The number of oxazole rings is 1. The van der Waals surface area contributed by atoms with E-state index in [1.54, 1.807) is 18.3 Å².